The average Bonchev–Trinajstić information content (AvgIpc) is 3.41. The van der Waals surface area contributed by atoms with Crippen molar-refractivity contribution in [3.63, 3.8) is 0 Å². The van der Waals surface area contributed by atoms with Crippen molar-refractivity contribution in [3.8, 4) is 0 Å². The second kappa shape index (κ2) is 15.8. The zero-order chi connectivity index (χ0) is 31.7. The van der Waals surface area contributed by atoms with Crippen molar-refractivity contribution in [2.24, 2.45) is 11.5 Å². The van der Waals surface area contributed by atoms with Gasteiger partial charge in [0.2, 0.25) is 27.7 Å². The van der Waals surface area contributed by atoms with Crippen molar-refractivity contribution in [1.29, 1.82) is 0 Å². The SMILES string of the molecule is NCc1ccc(Cl)cc1CNC(=O)[C@@H]1C[C@H](N)CN1C(=O)[C@@H](CCCC(=O)N1CCOCC1)NS(=O)(=O)Cc1ccccc1. The van der Waals surface area contributed by atoms with Crippen molar-refractivity contribution < 1.29 is 27.5 Å². The standard InChI is InChI=1S/C30H41ClN6O6S/c31-24-10-9-22(17-32)23(15-24)18-34-29(39)27-16-25(33)19-37(27)30(40)26(7-4-8-28(38)36-11-13-43-14-12-36)35-44(41,42)20-21-5-2-1-3-6-21/h1-3,5-6,9-10,15,25-27,35H,4,7-8,11-14,16-20,32-33H2,(H,34,39)/t25-,26+,27-/m0/s1. The molecule has 14 heteroatoms. The summed E-state index contributed by atoms with van der Waals surface area (Å²) < 4.78 is 34.3. The first-order valence-electron chi connectivity index (χ1n) is 14.8. The van der Waals surface area contributed by atoms with Crippen LogP contribution in [-0.4, -0.2) is 86.9 Å². The molecule has 0 saturated carbocycles. The average molecular weight is 649 g/mol. The molecule has 0 aromatic heterocycles. The van der Waals surface area contributed by atoms with Gasteiger partial charge in [-0.2, -0.15) is 0 Å². The van der Waals surface area contributed by atoms with Gasteiger partial charge in [0.1, 0.15) is 12.1 Å². The van der Waals surface area contributed by atoms with Crippen LogP contribution < -0.4 is 21.5 Å². The van der Waals surface area contributed by atoms with Gasteiger partial charge < -0.3 is 31.3 Å². The topological polar surface area (TPSA) is 177 Å². The Balaban J connectivity index is 1.47. The van der Waals surface area contributed by atoms with Crippen LogP contribution in [0.4, 0.5) is 0 Å². The van der Waals surface area contributed by atoms with Gasteiger partial charge in [-0.3, -0.25) is 14.4 Å². The Morgan fingerprint density at radius 1 is 1.07 bits per heavy atom. The minimum atomic E-state index is -3.95. The Morgan fingerprint density at radius 2 is 1.80 bits per heavy atom. The Hall–Kier alpha value is -3.07. The largest absolute Gasteiger partial charge is 0.378 e. The van der Waals surface area contributed by atoms with Crippen LogP contribution in [0.15, 0.2) is 48.5 Å². The zero-order valence-corrected chi connectivity index (χ0v) is 26.2. The number of likely N-dealkylation sites (tertiary alicyclic amines) is 1. The molecule has 4 rings (SSSR count). The minimum Gasteiger partial charge on any atom is -0.378 e. The van der Waals surface area contributed by atoms with Gasteiger partial charge >= 0.3 is 0 Å². The molecule has 2 aliphatic rings. The molecule has 12 nitrogen and oxygen atoms in total. The molecular formula is C30H41ClN6O6S. The second-order valence-electron chi connectivity index (χ2n) is 11.1. The van der Waals surface area contributed by atoms with Crippen LogP contribution >= 0.6 is 11.6 Å². The number of rotatable bonds is 13. The third-order valence-electron chi connectivity index (χ3n) is 7.83. The van der Waals surface area contributed by atoms with Gasteiger partial charge in [-0.25, -0.2) is 13.1 Å². The molecule has 2 heterocycles. The van der Waals surface area contributed by atoms with Gasteiger partial charge in [0.25, 0.3) is 0 Å². The fourth-order valence-corrected chi connectivity index (χ4v) is 7.09. The van der Waals surface area contributed by atoms with E-state index in [9.17, 15) is 22.8 Å². The van der Waals surface area contributed by atoms with E-state index in [1.165, 1.54) is 4.90 Å². The number of carbonyl (C=O) groups excluding carboxylic acids is 3. The molecule has 2 aromatic rings. The summed E-state index contributed by atoms with van der Waals surface area (Å²) in [6.07, 6.45) is 0.714. The fraction of sp³-hybridized carbons (Fsp3) is 0.500. The van der Waals surface area contributed by atoms with Crippen molar-refractivity contribution in [2.75, 3.05) is 32.8 Å². The maximum atomic E-state index is 14.0. The molecule has 2 saturated heterocycles. The number of nitrogens with two attached hydrogens (primary N) is 2. The van der Waals surface area contributed by atoms with Crippen LogP contribution in [0.2, 0.25) is 5.02 Å². The summed E-state index contributed by atoms with van der Waals surface area (Å²) in [4.78, 5) is 43.1. The van der Waals surface area contributed by atoms with Crippen LogP contribution in [-0.2, 0) is 48.0 Å². The highest BCUT2D eigenvalue weighted by Crippen LogP contribution is 2.22. The molecule has 3 amide bonds. The van der Waals surface area contributed by atoms with E-state index in [-0.39, 0.29) is 57.0 Å². The van der Waals surface area contributed by atoms with Gasteiger partial charge in [0.15, 0.2) is 0 Å². The molecule has 44 heavy (non-hydrogen) atoms. The first-order chi connectivity index (χ1) is 21.1. The number of nitrogens with one attached hydrogen (secondary N) is 2. The van der Waals surface area contributed by atoms with Crippen molar-refractivity contribution in [2.45, 2.75) is 62.7 Å². The van der Waals surface area contributed by atoms with Gasteiger partial charge in [0.05, 0.1) is 19.0 Å². The molecule has 0 bridgehead atoms. The molecule has 2 aliphatic heterocycles. The molecule has 2 aromatic carbocycles. The Labute approximate surface area is 263 Å². The Bertz CT molecular complexity index is 1410. The highest BCUT2D eigenvalue weighted by Gasteiger charge is 2.41. The molecule has 6 N–H and O–H groups in total. The lowest BCUT2D eigenvalue weighted by molar-refractivity contribution is -0.140. The van der Waals surface area contributed by atoms with E-state index < -0.39 is 40.0 Å². The lowest BCUT2D eigenvalue weighted by Crippen LogP contribution is -2.53. The van der Waals surface area contributed by atoms with Gasteiger partial charge in [0, 0.05) is 50.2 Å². The molecule has 2 fully saturated rings. The van der Waals surface area contributed by atoms with E-state index in [4.69, 9.17) is 27.8 Å². The van der Waals surface area contributed by atoms with Gasteiger partial charge in [-0.05, 0) is 48.1 Å². The van der Waals surface area contributed by atoms with Crippen molar-refractivity contribution >= 4 is 39.3 Å². The number of morpholine rings is 1. The first kappa shape index (κ1) is 33.8. The predicted molar refractivity (Wildman–Crippen MR) is 167 cm³/mol. The molecule has 0 spiro atoms. The number of nitrogens with zero attached hydrogens (tertiary/aromatic N) is 2. The molecule has 0 radical (unpaired) electrons. The molecule has 240 valence electrons. The Kier molecular flexibility index (Phi) is 12.1. The monoisotopic (exact) mass is 648 g/mol. The van der Waals surface area contributed by atoms with Crippen molar-refractivity contribution in [1.82, 2.24) is 19.8 Å². The second-order valence-corrected chi connectivity index (χ2v) is 13.3. The van der Waals surface area contributed by atoms with Gasteiger partial charge in [-0.1, -0.05) is 48.0 Å². The summed E-state index contributed by atoms with van der Waals surface area (Å²) >= 11 is 6.14. The lowest BCUT2D eigenvalue weighted by atomic mass is 10.1. The summed E-state index contributed by atoms with van der Waals surface area (Å²) in [7, 11) is -3.95. The maximum absolute atomic E-state index is 14.0. The maximum Gasteiger partial charge on any atom is 0.243 e. The quantitative estimate of drug-likeness (QED) is 0.247. The number of amides is 3. The molecular weight excluding hydrogens is 608 g/mol. The minimum absolute atomic E-state index is 0.0748. The molecule has 0 aliphatic carbocycles. The third kappa shape index (κ3) is 9.46. The van der Waals surface area contributed by atoms with E-state index in [2.05, 4.69) is 10.0 Å². The van der Waals surface area contributed by atoms with E-state index >= 15 is 0 Å². The number of hydrogen-bond acceptors (Lipinski definition) is 8. The van der Waals surface area contributed by atoms with E-state index in [0.29, 0.717) is 36.9 Å². The number of sulfonamides is 1. The van der Waals surface area contributed by atoms with Crippen LogP contribution in [0.1, 0.15) is 42.4 Å². The lowest BCUT2D eigenvalue weighted by Gasteiger charge is -2.29. The number of benzene rings is 2. The van der Waals surface area contributed by atoms with Crippen molar-refractivity contribution in [3.05, 3.63) is 70.2 Å². The number of carbonyl (C=O) groups is 3. The highest BCUT2D eigenvalue weighted by atomic mass is 35.5. The summed E-state index contributed by atoms with van der Waals surface area (Å²) in [5.74, 6) is -1.37. The fourth-order valence-electron chi connectivity index (χ4n) is 5.53. The first-order valence-corrected chi connectivity index (χ1v) is 16.8. The van der Waals surface area contributed by atoms with Crippen LogP contribution in [0.25, 0.3) is 0 Å². The van der Waals surface area contributed by atoms with Crippen LogP contribution in [0, 0.1) is 0 Å². The van der Waals surface area contributed by atoms with E-state index in [0.717, 1.165) is 11.1 Å². The summed E-state index contributed by atoms with van der Waals surface area (Å²) in [5.41, 5.74) is 14.2. The molecule has 0 unspecified atom stereocenters. The van der Waals surface area contributed by atoms with Crippen LogP contribution in [0.5, 0.6) is 0 Å². The number of ether oxygens (including phenoxy) is 1. The third-order valence-corrected chi connectivity index (χ3v) is 9.42. The van der Waals surface area contributed by atoms with Gasteiger partial charge in [-0.15, -0.1) is 0 Å². The summed E-state index contributed by atoms with van der Waals surface area (Å²) in [6, 6.07) is 11.3. The normalized spacial score (nSPS) is 19.5. The van der Waals surface area contributed by atoms with E-state index in [1.54, 1.807) is 53.4 Å². The summed E-state index contributed by atoms with van der Waals surface area (Å²) in [5, 5.41) is 3.36. The highest BCUT2D eigenvalue weighted by molar-refractivity contribution is 7.88. The molecule has 3 atom stereocenters. The number of halogens is 1. The van der Waals surface area contributed by atoms with E-state index in [1.807, 2.05) is 0 Å². The van der Waals surface area contributed by atoms with Crippen LogP contribution in [0.3, 0.4) is 0 Å². The Morgan fingerprint density at radius 3 is 2.50 bits per heavy atom. The zero-order valence-electron chi connectivity index (χ0n) is 24.6. The summed E-state index contributed by atoms with van der Waals surface area (Å²) in [6.45, 7) is 2.43. The predicted octanol–water partition coefficient (Wildman–Crippen LogP) is 0.860. The smallest absolute Gasteiger partial charge is 0.243 e. The number of hydrogen-bond donors (Lipinski definition) is 4.